The number of aliphatic hydroxyl groups excluding tert-OH is 1. The van der Waals surface area contributed by atoms with Crippen LogP contribution in [0, 0.1) is 0 Å². The van der Waals surface area contributed by atoms with Crippen molar-refractivity contribution in [1.29, 1.82) is 0 Å². The van der Waals surface area contributed by atoms with E-state index in [9.17, 15) is 5.11 Å². The Bertz CT molecular complexity index is 172. The van der Waals surface area contributed by atoms with Gasteiger partial charge in [-0.1, -0.05) is 0 Å². The van der Waals surface area contributed by atoms with Gasteiger partial charge in [-0.05, 0) is 51.7 Å². The molecule has 0 spiro atoms. The summed E-state index contributed by atoms with van der Waals surface area (Å²) in [5.74, 6) is 0. The summed E-state index contributed by atoms with van der Waals surface area (Å²) in [7, 11) is 0. The second-order valence-electron chi connectivity index (χ2n) is 4.72. The highest BCUT2D eigenvalue weighted by molar-refractivity contribution is 4.98. The molecular formula is C10H20N2O. The molecule has 2 rings (SSSR count). The van der Waals surface area contributed by atoms with Crippen LogP contribution in [0.2, 0.25) is 0 Å². The fourth-order valence-corrected chi connectivity index (χ4v) is 2.47. The lowest BCUT2D eigenvalue weighted by Gasteiger charge is -2.43. The normalized spacial score (nSPS) is 40.6. The Morgan fingerprint density at radius 1 is 1.31 bits per heavy atom. The van der Waals surface area contributed by atoms with E-state index in [1.807, 2.05) is 0 Å². The number of nitrogens with zero attached hydrogens (tertiary/aromatic N) is 1. The molecule has 0 unspecified atom stereocenters. The summed E-state index contributed by atoms with van der Waals surface area (Å²) in [5.41, 5.74) is 6.05. The van der Waals surface area contributed by atoms with Crippen molar-refractivity contribution in [1.82, 2.24) is 4.90 Å². The van der Waals surface area contributed by atoms with Crippen LogP contribution in [0.5, 0.6) is 0 Å². The van der Waals surface area contributed by atoms with Crippen LogP contribution in [0.3, 0.4) is 0 Å². The third kappa shape index (κ3) is 2.22. The number of rotatable bonds is 3. The summed E-state index contributed by atoms with van der Waals surface area (Å²) in [6.07, 6.45) is 5.25. The van der Waals surface area contributed by atoms with Crippen LogP contribution in [-0.4, -0.2) is 41.3 Å². The minimum absolute atomic E-state index is 0.0397. The van der Waals surface area contributed by atoms with Crippen LogP contribution in [0.25, 0.3) is 0 Å². The number of hydrogen-bond donors (Lipinski definition) is 2. The standard InChI is InChI=1S/C10H20N2O/c11-10(7-9(13)8-10)3-6-12-4-1-2-5-12/h9,13H,1-8,11H2. The molecule has 2 fully saturated rings. The summed E-state index contributed by atoms with van der Waals surface area (Å²) in [6, 6.07) is 0. The summed E-state index contributed by atoms with van der Waals surface area (Å²) in [4.78, 5) is 2.49. The van der Waals surface area contributed by atoms with E-state index >= 15 is 0 Å². The molecule has 0 aromatic carbocycles. The minimum Gasteiger partial charge on any atom is -0.393 e. The molecule has 1 saturated carbocycles. The third-order valence-electron chi connectivity index (χ3n) is 3.41. The largest absolute Gasteiger partial charge is 0.393 e. The lowest BCUT2D eigenvalue weighted by Crippen LogP contribution is -2.55. The van der Waals surface area contributed by atoms with E-state index in [-0.39, 0.29) is 11.6 Å². The molecule has 0 aromatic rings. The van der Waals surface area contributed by atoms with E-state index in [1.165, 1.54) is 25.9 Å². The van der Waals surface area contributed by atoms with Gasteiger partial charge in [0.15, 0.2) is 0 Å². The second kappa shape index (κ2) is 3.56. The minimum atomic E-state index is -0.122. The van der Waals surface area contributed by atoms with E-state index in [1.54, 1.807) is 0 Å². The first-order chi connectivity index (χ1) is 6.18. The van der Waals surface area contributed by atoms with Crippen LogP contribution < -0.4 is 5.73 Å². The Kier molecular flexibility index (Phi) is 2.58. The molecule has 0 atom stereocenters. The number of aliphatic hydroxyl groups is 1. The molecule has 13 heavy (non-hydrogen) atoms. The van der Waals surface area contributed by atoms with Gasteiger partial charge in [0.1, 0.15) is 0 Å². The number of hydrogen-bond acceptors (Lipinski definition) is 3. The zero-order valence-corrected chi connectivity index (χ0v) is 8.21. The van der Waals surface area contributed by atoms with E-state index in [4.69, 9.17) is 5.73 Å². The monoisotopic (exact) mass is 184 g/mol. The van der Waals surface area contributed by atoms with Gasteiger partial charge in [-0.2, -0.15) is 0 Å². The number of nitrogens with two attached hydrogens (primary N) is 1. The van der Waals surface area contributed by atoms with E-state index in [0.29, 0.717) is 0 Å². The van der Waals surface area contributed by atoms with Gasteiger partial charge in [-0.25, -0.2) is 0 Å². The van der Waals surface area contributed by atoms with E-state index in [2.05, 4.69) is 4.90 Å². The van der Waals surface area contributed by atoms with Crippen molar-refractivity contribution in [2.24, 2.45) is 5.73 Å². The SMILES string of the molecule is NC1(CCN2CCCC2)CC(O)C1. The molecule has 0 radical (unpaired) electrons. The van der Waals surface area contributed by atoms with Gasteiger partial charge >= 0.3 is 0 Å². The Balaban J connectivity index is 1.67. The first-order valence-corrected chi connectivity index (χ1v) is 5.37. The van der Waals surface area contributed by atoms with Gasteiger partial charge in [0.05, 0.1) is 6.10 Å². The van der Waals surface area contributed by atoms with Gasteiger partial charge in [0.25, 0.3) is 0 Å². The Labute approximate surface area is 79.9 Å². The predicted octanol–water partition coefficient (Wildman–Crippen LogP) is 0.324. The first-order valence-electron chi connectivity index (χ1n) is 5.37. The average molecular weight is 184 g/mol. The maximum Gasteiger partial charge on any atom is 0.0575 e. The molecule has 2 aliphatic rings. The zero-order chi connectivity index (χ0) is 9.31. The van der Waals surface area contributed by atoms with Crippen LogP contribution >= 0.6 is 0 Å². The summed E-state index contributed by atoms with van der Waals surface area (Å²) >= 11 is 0. The highest BCUT2D eigenvalue weighted by Crippen LogP contribution is 2.32. The lowest BCUT2D eigenvalue weighted by atomic mass is 9.73. The van der Waals surface area contributed by atoms with E-state index in [0.717, 1.165) is 25.8 Å². The van der Waals surface area contributed by atoms with E-state index < -0.39 is 0 Å². The molecule has 1 aliphatic heterocycles. The van der Waals surface area contributed by atoms with Crippen LogP contribution in [-0.2, 0) is 0 Å². The molecule has 3 nitrogen and oxygen atoms in total. The molecule has 0 bridgehead atoms. The molecular weight excluding hydrogens is 164 g/mol. The van der Waals surface area contributed by atoms with Crippen molar-refractivity contribution in [2.75, 3.05) is 19.6 Å². The molecule has 1 aliphatic carbocycles. The zero-order valence-electron chi connectivity index (χ0n) is 8.21. The highest BCUT2D eigenvalue weighted by atomic mass is 16.3. The molecule has 3 N–H and O–H groups in total. The van der Waals surface area contributed by atoms with Gasteiger partial charge in [-0.3, -0.25) is 0 Å². The van der Waals surface area contributed by atoms with Crippen LogP contribution in [0.15, 0.2) is 0 Å². The molecule has 1 saturated heterocycles. The third-order valence-corrected chi connectivity index (χ3v) is 3.41. The molecule has 0 aromatic heterocycles. The van der Waals surface area contributed by atoms with Crippen LogP contribution in [0.1, 0.15) is 32.1 Å². The average Bonchev–Trinajstić information content (AvgIpc) is 2.50. The van der Waals surface area contributed by atoms with Crippen molar-refractivity contribution in [2.45, 2.75) is 43.7 Å². The van der Waals surface area contributed by atoms with Crippen molar-refractivity contribution in [3.63, 3.8) is 0 Å². The molecule has 76 valence electrons. The van der Waals surface area contributed by atoms with Crippen LogP contribution in [0.4, 0.5) is 0 Å². The van der Waals surface area contributed by atoms with Crippen molar-refractivity contribution < 1.29 is 5.11 Å². The predicted molar refractivity (Wildman–Crippen MR) is 52.5 cm³/mol. The maximum absolute atomic E-state index is 9.18. The summed E-state index contributed by atoms with van der Waals surface area (Å²) in [6.45, 7) is 3.63. The molecule has 3 heteroatoms. The molecule has 0 amide bonds. The Morgan fingerprint density at radius 3 is 2.46 bits per heavy atom. The van der Waals surface area contributed by atoms with Gasteiger partial charge < -0.3 is 15.7 Å². The second-order valence-corrected chi connectivity index (χ2v) is 4.72. The maximum atomic E-state index is 9.18. The van der Waals surface area contributed by atoms with Gasteiger partial charge in [-0.15, -0.1) is 0 Å². The quantitative estimate of drug-likeness (QED) is 0.664. The Hall–Kier alpha value is -0.120. The van der Waals surface area contributed by atoms with Gasteiger partial charge in [0.2, 0.25) is 0 Å². The summed E-state index contributed by atoms with van der Waals surface area (Å²) < 4.78 is 0. The van der Waals surface area contributed by atoms with Crippen molar-refractivity contribution in [3.8, 4) is 0 Å². The molecule has 1 heterocycles. The van der Waals surface area contributed by atoms with Crippen molar-refractivity contribution in [3.05, 3.63) is 0 Å². The smallest absolute Gasteiger partial charge is 0.0575 e. The fourth-order valence-electron chi connectivity index (χ4n) is 2.47. The first kappa shape index (κ1) is 9.44. The van der Waals surface area contributed by atoms with Gasteiger partial charge in [0, 0.05) is 5.54 Å². The highest BCUT2D eigenvalue weighted by Gasteiger charge is 2.39. The van der Waals surface area contributed by atoms with Crippen molar-refractivity contribution >= 4 is 0 Å². The topological polar surface area (TPSA) is 49.5 Å². The lowest BCUT2D eigenvalue weighted by molar-refractivity contribution is 0.0149. The summed E-state index contributed by atoms with van der Waals surface area (Å²) in [5, 5.41) is 9.18. The fraction of sp³-hybridized carbons (Fsp3) is 1.00. The number of likely N-dealkylation sites (tertiary alicyclic amines) is 1. The Morgan fingerprint density at radius 2 is 1.92 bits per heavy atom.